The molecule has 0 amide bonds. The second kappa shape index (κ2) is 5.17. The van der Waals surface area contributed by atoms with Crippen LogP contribution in [0.4, 0.5) is 0 Å². The lowest BCUT2D eigenvalue weighted by molar-refractivity contribution is 1.02. The first-order chi connectivity index (χ1) is 9.74. The van der Waals surface area contributed by atoms with Crippen LogP contribution in [0.1, 0.15) is 16.8 Å². The zero-order valence-electron chi connectivity index (χ0n) is 11.2. The Balaban J connectivity index is 1.86. The normalized spacial score (nSPS) is 10.7. The fourth-order valence-electron chi connectivity index (χ4n) is 2.22. The summed E-state index contributed by atoms with van der Waals surface area (Å²) >= 11 is 0. The van der Waals surface area contributed by atoms with Gasteiger partial charge in [0.2, 0.25) is 0 Å². The standard InChI is InChI=1S/C16H15N3O/c1-11-14(16(20)19-18-11)10-12-5-7-13(8-6-12)15-4-2-3-9-17-15/h2-9H,10H2,1H3,(H2,18,19,20). The van der Waals surface area contributed by atoms with Crippen LogP contribution < -0.4 is 5.56 Å². The third-order valence-electron chi connectivity index (χ3n) is 3.39. The maximum Gasteiger partial charge on any atom is 0.267 e. The molecule has 100 valence electrons. The van der Waals surface area contributed by atoms with Crippen LogP contribution in [0.2, 0.25) is 0 Å². The van der Waals surface area contributed by atoms with Crippen molar-refractivity contribution in [2.45, 2.75) is 13.3 Å². The van der Waals surface area contributed by atoms with Gasteiger partial charge in [-0.1, -0.05) is 30.3 Å². The van der Waals surface area contributed by atoms with Crippen molar-refractivity contribution in [3.05, 3.63) is 75.8 Å². The Morgan fingerprint density at radius 3 is 2.45 bits per heavy atom. The molecule has 0 atom stereocenters. The molecule has 1 aromatic carbocycles. The van der Waals surface area contributed by atoms with Crippen LogP contribution in [0.3, 0.4) is 0 Å². The molecule has 3 rings (SSSR count). The molecule has 0 radical (unpaired) electrons. The Labute approximate surface area is 116 Å². The largest absolute Gasteiger partial charge is 0.302 e. The zero-order chi connectivity index (χ0) is 13.9. The smallest absolute Gasteiger partial charge is 0.267 e. The topological polar surface area (TPSA) is 61.5 Å². The van der Waals surface area contributed by atoms with Gasteiger partial charge in [0.1, 0.15) is 0 Å². The molecule has 3 aromatic rings. The van der Waals surface area contributed by atoms with Gasteiger partial charge in [-0.25, -0.2) is 0 Å². The minimum Gasteiger partial charge on any atom is -0.302 e. The molecule has 0 spiro atoms. The van der Waals surface area contributed by atoms with Gasteiger partial charge in [0.05, 0.1) is 5.69 Å². The molecule has 0 saturated heterocycles. The Bertz CT molecular complexity index is 754. The molecule has 4 nitrogen and oxygen atoms in total. The Morgan fingerprint density at radius 1 is 1.05 bits per heavy atom. The summed E-state index contributed by atoms with van der Waals surface area (Å²) in [5, 5.41) is 5.45. The van der Waals surface area contributed by atoms with Crippen LogP contribution in [0.5, 0.6) is 0 Å². The van der Waals surface area contributed by atoms with Crippen molar-refractivity contribution in [2.75, 3.05) is 0 Å². The van der Waals surface area contributed by atoms with Gasteiger partial charge in [0.15, 0.2) is 0 Å². The molecule has 0 aliphatic heterocycles. The lowest BCUT2D eigenvalue weighted by Gasteiger charge is -2.03. The van der Waals surface area contributed by atoms with Gasteiger partial charge >= 0.3 is 0 Å². The summed E-state index contributed by atoms with van der Waals surface area (Å²) in [6.45, 7) is 1.90. The van der Waals surface area contributed by atoms with E-state index < -0.39 is 0 Å². The summed E-state index contributed by atoms with van der Waals surface area (Å²) in [6, 6.07) is 14.0. The number of aryl methyl sites for hydroxylation is 1. The minimum absolute atomic E-state index is 0.0451. The Morgan fingerprint density at radius 2 is 1.85 bits per heavy atom. The number of nitrogens with zero attached hydrogens (tertiary/aromatic N) is 1. The number of H-pyrrole nitrogens is 2. The molecular weight excluding hydrogens is 250 g/mol. The summed E-state index contributed by atoms with van der Waals surface area (Å²) in [7, 11) is 0. The van der Waals surface area contributed by atoms with E-state index in [1.165, 1.54) is 0 Å². The molecule has 20 heavy (non-hydrogen) atoms. The number of rotatable bonds is 3. The van der Waals surface area contributed by atoms with Crippen molar-refractivity contribution in [2.24, 2.45) is 0 Å². The first-order valence-corrected chi connectivity index (χ1v) is 6.50. The molecule has 0 unspecified atom stereocenters. The van der Waals surface area contributed by atoms with E-state index in [1.807, 2.05) is 49.4 Å². The highest BCUT2D eigenvalue weighted by atomic mass is 16.1. The van der Waals surface area contributed by atoms with E-state index in [-0.39, 0.29) is 5.56 Å². The number of benzene rings is 1. The van der Waals surface area contributed by atoms with Gasteiger partial charge in [0.25, 0.3) is 5.56 Å². The van der Waals surface area contributed by atoms with E-state index in [2.05, 4.69) is 15.2 Å². The SMILES string of the molecule is Cc1[nH][nH]c(=O)c1Cc1ccc(-c2ccccn2)cc1. The van der Waals surface area contributed by atoms with Gasteiger partial charge in [-0.2, -0.15) is 0 Å². The van der Waals surface area contributed by atoms with Gasteiger partial charge in [-0.3, -0.25) is 14.9 Å². The van der Waals surface area contributed by atoms with Crippen molar-refractivity contribution in [1.82, 2.24) is 15.2 Å². The van der Waals surface area contributed by atoms with Crippen LogP contribution in [0.15, 0.2) is 53.5 Å². The zero-order valence-corrected chi connectivity index (χ0v) is 11.2. The van der Waals surface area contributed by atoms with Gasteiger partial charge in [-0.15, -0.1) is 0 Å². The molecule has 0 saturated carbocycles. The highest BCUT2D eigenvalue weighted by Crippen LogP contribution is 2.18. The van der Waals surface area contributed by atoms with Crippen molar-refractivity contribution in [3.63, 3.8) is 0 Å². The van der Waals surface area contributed by atoms with Crippen LogP contribution in [-0.4, -0.2) is 15.2 Å². The van der Waals surface area contributed by atoms with Crippen LogP contribution in [-0.2, 0) is 6.42 Å². The fourth-order valence-corrected chi connectivity index (χ4v) is 2.22. The maximum atomic E-state index is 11.6. The van der Waals surface area contributed by atoms with E-state index in [0.29, 0.717) is 6.42 Å². The predicted molar refractivity (Wildman–Crippen MR) is 78.6 cm³/mol. The molecule has 4 heteroatoms. The first-order valence-electron chi connectivity index (χ1n) is 6.50. The summed E-state index contributed by atoms with van der Waals surface area (Å²) in [5.74, 6) is 0. The van der Waals surface area contributed by atoms with E-state index >= 15 is 0 Å². The lowest BCUT2D eigenvalue weighted by Crippen LogP contribution is -2.06. The third-order valence-corrected chi connectivity index (χ3v) is 3.39. The molecule has 0 fully saturated rings. The summed E-state index contributed by atoms with van der Waals surface area (Å²) in [5.41, 5.74) is 4.78. The summed E-state index contributed by atoms with van der Waals surface area (Å²) in [4.78, 5) is 16.0. The molecule has 2 aromatic heterocycles. The first kappa shape index (κ1) is 12.4. The van der Waals surface area contributed by atoms with Crippen LogP contribution in [0, 0.1) is 6.92 Å². The van der Waals surface area contributed by atoms with Crippen molar-refractivity contribution < 1.29 is 0 Å². The van der Waals surface area contributed by atoms with E-state index in [4.69, 9.17) is 0 Å². The van der Waals surface area contributed by atoms with E-state index in [1.54, 1.807) is 6.20 Å². The average Bonchev–Trinajstić information content (AvgIpc) is 2.81. The van der Waals surface area contributed by atoms with Crippen molar-refractivity contribution >= 4 is 0 Å². The highest BCUT2D eigenvalue weighted by Gasteiger charge is 2.07. The minimum atomic E-state index is -0.0451. The Kier molecular flexibility index (Phi) is 3.21. The molecule has 0 aliphatic rings. The number of pyridine rings is 1. The van der Waals surface area contributed by atoms with Crippen LogP contribution >= 0.6 is 0 Å². The number of nitrogens with one attached hydrogen (secondary N) is 2. The monoisotopic (exact) mass is 265 g/mol. The summed E-state index contributed by atoms with van der Waals surface area (Å²) < 4.78 is 0. The van der Waals surface area contributed by atoms with E-state index in [9.17, 15) is 4.79 Å². The molecule has 2 N–H and O–H groups in total. The highest BCUT2D eigenvalue weighted by molar-refractivity contribution is 5.59. The van der Waals surface area contributed by atoms with Gasteiger partial charge < -0.3 is 5.10 Å². The van der Waals surface area contributed by atoms with Crippen molar-refractivity contribution in [3.8, 4) is 11.3 Å². The van der Waals surface area contributed by atoms with Gasteiger partial charge in [0, 0.05) is 29.4 Å². The second-order valence-corrected chi connectivity index (χ2v) is 4.77. The predicted octanol–water partition coefficient (Wildman–Crippen LogP) is 2.66. The van der Waals surface area contributed by atoms with Gasteiger partial charge in [-0.05, 0) is 24.6 Å². The number of aromatic amines is 2. The average molecular weight is 265 g/mol. The number of hydrogen-bond acceptors (Lipinski definition) is 2. The quantitative estimate of drug-likeness (QED) is 0.764. The second-order valence-electron chi connectivity index (χ2n) is 4.77. The summed E-state index contributed by atoms with van der Waals surface area (Å²) in [6.07, 6.45) is 2.42. The molecular formula is C16H15N3O. The van der Waals surface area contributed by atoms with E-state index in [0.717, 1.165) is 28.1 Å². The van der Waals surface area contributed by atoms with Crippen LogP contribution in [0.25, 0.3) is 11.3 Å². The number of hydrogen-bond donors (Lipinski definition) is 2. The molecule has 0 aliphatic carbocycles. The lowest BCUT2D eigenvalue weighted by atomic mass is 10.0. The molecule has 2 heterocycles. The fraction of sp³-hybridized carbons (Fsp3) is 0.125. The number of aromatic nitrogens is 3. The maximum absolute atomic E-state index is 11.6. The third kappa shape index (κ3) is 2.40. The Hall–Kier alpha value is -2.62. The molecule has 0 bridgehead atoms. The van der Waals surface area contributed by atoms with Crippen molar-refractivity contribution in [1.29, 1.82) is 0 Å².